The molecule has 5 heteroatoms. The van der Waals surface area contributed by atoms with Crippen molar-refractivity contribution in [3.63, 3.8) is 0 Å². The minimum atomic E-state index is -0.919. The second kappa shape index (κ2) is 3.07. The lowest BCUT2D eigenvalue weighted by Crippen LogP contribution is -2.41. The molecule has 2 aliphatic carbocycles. The van der Waals surface area contributed by atoms with Crippen LogP contribution in [0.15, 0.2) is 11.1 Å². The van der Waals surface area contributed by atoms with E-state index in [2.05, 4.69) is 13.8 Å². The Hall–Kier alpha value is -0.910. The van der Waals surface area contributed by atoms with Crippen LogP contribution >= 0.6 is 0 Å². The van der Waals surface area contributed by atoms with Crippen molar-refractivity contribution in [1.82, 2.24) is 0 Å². The Kier molecular flexibility index (Phi) is 1.85. The molecule has 0 aromatic carbocycles. The monoisotopic (exact) mass is 292 g/mol. The molecule has 3 heterocycles. The summed E-state index contributed by atoms with van der Waals surface area (Å²) in [6, 6.07) is 0. The Morgan fingerprint density at radius 1 is 1.33 bits per heavy atom. The Bertz CT molecular complexity index is 626. The first-order valence-electron chi connectivity index (χ1n) is 7.71. The van der Waals surface area contributed by atoms with Gasteiger partial charge in [-0.2, -0.15) is 0 Å². The molecule has 2 saturated heterocycles. The van der Waals surface area contributed by atoms with Gasteiger partial charge in [-0.1, -0.05) is 6.92 Å². The largest absolute Gasteiger partial charge is 0.426 e. The molecule has 3 aliphatic heterocycles. The Morgan fingerprint density at radius 3 is 2.81 bits per heavy atom. The second-order valence-corrected chi connectivity index (χ2v) is 7.50. The van der Waals surface area contributed by atoms with Crippen molar-refractivity contribution in [2.24, 2.45) is 5.92 Å². The van der Waals surface area contributed by atoms with Gasteiger partial charge in [0.1, 0.15) is 16.8 Å². The summed E-state index contributed by atoms with van der Waals surface area (Å²) in [6.07, 6.45) is 2.56. The number of carbonyl (C=O) groups is 1. The number of epoxide rings is 2. The predicted octanol–water partition coefficient (Wildman–Crippen LogP) is 1.70. The van der Waals surface area contributed by atoms with Crippen LogP contribution in [-0.4, -0.2) is 41.8 Å². The lowest BCUT2D eigenvalue weighted by molar-refractivity contribution is -0.198. The smallest absolute Gasteiger partial charge is 0.336 e. The number of carbonyl (C=O) groups excluding carboxylic acids is 1. The van der Waals surface area contributed by atoms with Crippen molar-refractivity contribution >= 4 is 5.97 Å². The third-order valence-electron chi connectivity index (χ3n) is 6.72. The molecule has 4 fully saturated rings. The molecule has 2 spiro atoms. The SMILES string of the molecule is CO[C@@]12C[C@H](C)[C@]34O[C@H]3C[C@@]3(C)O[C@@]43CC1=C(C)C(=O)O2. The van der Waals surface area contributed by atoms with Crippen molar-refractivity contribution in [2.45, 2.75) is 68.7 Å². The molecular formula is C16H20O5. The third-order valence-corrected chi connectivity index (χ3v) is 6.72. The highest BCUT2D eigenvalue weighted by molar-refractivity contribution is 5.92. The van der Waals surface area contributed by atoms with Crippen LogP contribution in [-0.2, 0) is 23.7 Å². The molecule has 0 aromatic rings. The van der Waals surface area contributed by atoms with Crippen LogP contribution in [0, 0.1) is 5.92 Å². The first kappa shape index (κ1) is 12.6. The van der Waals surface area contributed by atoms with Crippen LogP contribution in [0.2, 0.25) is 0 Å². The van der Waals surface area contributed by atoms with Crippen LogP contribution < -0.4 is 0 Å². The first-order valence-corrected chi connectivity index (χ1v) is 7.71. The molecule has 0 N–H and O–H groups in total. The normalized spacial score (nSPS) is 59.7. The number of hydrogen-bond acceptors (Lipinski definition) is 5. The summed E-state index contributed by atoms with van der Waals surface area (Å²) in [7, 11) is 1.62. The fourth-order valence-electron chi connectivity index (χ4n) is 5.54. The van der Waals surface area contributed by atoms with E-state index in [-0.39, 0.29) is 34.8 Å². The quantitative estimate of drug-likeness (QED) is 0.544. The van der Waals surface area contributed by atoms with Gasteiger partial charge in [0.25, 0.3) is 0 Å². The maximum absolute atomic E-state index is 12.1. The molecule has 0 amide bonds. The highest BCUT2D eigenvalue weighted by Gasteiger charge is 2.93. The van der Waals surface area contributed by atoms with Crippen LogP contribution in [0.4, 0.5) is 0 Å². The average Bonchev–Trinajstić information content (AvgIpc) is 3.26. The van der Waals surface area contributed by atoms with E-state index in [1.165, 1.54) is 0 Å². The minimum absolute atomic E-state index is 0.118. The van der Waals surface area contributed by atoms with E-state index in [0.29, 0.717) is 18.4 Å². The molecule has 2 saturated carbocycles. The summed E-state index contributed by atoms with van der Waals surface area (Å²) in [6.45, 7) is 6.17. The second-order valence-electron chi connectivity index (χ2n) is 7.50. The summed E-state index contributed by atoms with van der Waals surface area (Å²) in [5, 5.41) is 0. The van der Waals surface area contributed by atoms with E-state index in [0.717, 1.165) is 12.0 Å². The molecule has 6 atom stereocenters. The maximum Gasteiger partial charge on any atom is 0.336 e. The van der Waals surface area contributed by atoms with Gasteiger partial charge in [0, 0.05) is 37.5 Å². The van der Waals surface area contributed by atoms with Crippen molar-refractivity contribution in [3.05, 3.63) is 11.1 Å². The molecule has 0 unspecified atom stereocenters. The minimum Gasteiger partial charge on any atom is -0.426 e. The molecule has 0 radical (unpaired) electrons. The van der Waals surface area contributed by atoms with Crippen molar-refractivity contribution in [2.75, 3.05) is 7.11 Å². The highest BCUT2D eigenvalue weighted by atomic mass is 16.7. The van der Waals surface area contributed by atoms with Crippen LogP contribution in [0.3, 0.4) is 0 Å². The van der Waals surface area contributed by atoms with Crippen LogP contribution in [0.1, 0.15) is 40.0 Å². The molecule has 0 bridgehead atoms. The van der Waals surface area contributed by atoms with Gasteiger partial charge < -0.3 is 18.9 Å². The van der Waals surface area contributed by atoms with E-state index in [4.69, 9.17) is 18.9 Å². The summed E-state index contributed by atoms with van der Waals surface area (Å²) in [4.78, 5) is 12.1. The molecule has 5 nitrogen and oxygen atoms in total. The van der Waals surface area contributed by atoms with Crippen LogP contribution in [0.5, 0.6) is 0 Å². The number of rotatable bonds is 1. The summed E-state index contributed by atoms with van der Waals surface area (Å²) >= 11 is 0. The van der Waals surface area contributed by atoms with E-state index < -0.39 is 5.79 Å². The standard InChI is InChI=1S/C16H20O5/c1-8-5-14(18-4)10(9(2)12(17)20-14)6-15-13(3,21-15)7-11-16(8,15)19-11/h8,11H,5-7H2,1-4H3/t8-,11-,13+,14+,15+,16-/m0/s1. The van der Waals surface area contributed by atoms with E-state index >= 15 is 0 Å². The summed E-state index contributed by atoms with van der Waals surface area (Å²) < 4.78 is 23.7. The number of methoxy groups -OCH3 is 1. The van der Waals surface area contributed by atoms with E-state index in [9.17, 15) is 4.79 Å². The van der Waals surface area contributed by atoms with Gasteiger partial charge in [-0.25, -0.2) is 4.79 Å². The van der Waals surface area contributed by atoms with Crippen molar-refractivity contribution < 1.29 is 23.7 Å². The van der Waals surface area contributed by atoms with Crippen molar-refractivity contribution in [1.29, 1.82) is 0 Å². The van der Waals surface area contributed by atoms with Gasteiger partial charge in [-0.15, -0.1) is 0 Å². The number of fused-ring (bicyclic) bond motifs is 1. The zero-order chi connectivity index (χ0) is 14.8. The van der Waals surface area contributed by atoms with Gasteiger partial charge in [-0.05, 0) is 19.8 Å². The zero-order valence-corrected chi connectivity index (χ0v) is 12.8. The number of hydrogen-bond donors (Lipinski definition) is 0. The first-order chi connectivity index (χ1) is 9.84. The van der Waals surface area contributed by atoms with Gasteiger partial charge in [-0.3, -0.25) is 0 Å². The fraction of sp³-hybridized carbons (Fsp3) is 0.812. The van der Waals surface area contributed by atoms with Gasteiger partial charge in [0.15, 0.2) is 0 Å². The topological polar surface area (TPSA) is 60.6 Å². The lowest BCUT2D eigenvalue weighted by atomic mass is 9.78. The molecule has 114 valence electrons. The average molecular weight is 292 g/mol. The Labute approximate surface area is 123 Å². The number of esters is 1. The van der Waals surface area contributed by atoms with E-state index in [1.807, 2.05) is 6.92 Å². The predicted molar refractivity (Wildman–Crippen MR) is 71.4 cm³/mol. The molecule has 21 heavy (non-hydrogen) atoms. The van der Waals surface area contributed by atoms with Crippen molar-refractivity contribution in [3.8, 4) is 0 Å². The maximum atomic E-state index is 12.1. The van der Waals surface area contributed by atoms with Gasteiger partial charge >= 0.3 is 5.97 Å². The molecule has 0 aromatic heterocycles. The van der Waals surface area contributed by atoms with Gasteiger partial charge in [0.2, 0.25) is 5.79 Å². The van der Waals surface area contributed by atoms with E-state index in [1.54, 1.807) is 7.11 Å². The fourth-order valence-corrected chi connectivity index (χ4v) is 5.54. The van der Waals surface area contributed by atoms with Gasteiger partial charge in [0.05, 0.1) is 6.10 Å². The molecular weight excluding hydrogens is 272 g/mol. The summed E-state index contributed by atoms with van der Waals surface area (Å²) in [5.74, 6) is -0.958. The Morgan fingerprint density at radius 2 is 2.10 bits per heavy atom. The molecule has 5 rings (SSSR count). The van der Waals surface area contributed by atoms with Crippen LogP contribution in [0.25, 0.3) is 0 Å². The third kappa shape index (κ3) is 1.04. The lowest BCUT2D eigenvalue weighted by Gasteiger charge is -2.30. The highest BCUT2D eigenvalue weighted by Crippen LogP contribution is 2.79. The molecule has 5 aliphatic rings. The number of ether oxygens (including phenoxy) is 4. The summed E-state index contributed by atoms with van der Waals surface area (Å²) in [5.41, 5.74) is 1.01. The Balaban J connectivity index is 1.70. The zero-order valence-electron chi connectivity index (χ0n) is 12.8.